The molecule has 0 heterocycles. The maximum absolute atomic E-state index is 8.91. The average Bonchev–Trinajstić information content (AvgIpc) is 1.69. The highest BCUT2D eigenvalue weighted by Crippen LogP contribution is 2.16. The summed E-state index contributed by atoms with van der Waals surface area (Å²) in [6.45, 7) is 0. The molecular formula is C6H14O. The zero-order valence-corrected chi connectivity index (χ0v) is 4.56. The lowest BCUT2D eigenvalue weighted by Crippen LogP contribution is -2.09. The van der Waals surface area contributed by atoms with E-state index in [-0.39, 0.29) is 7.53 Å². The molecule has 44 valence electrons. The Labute approximate surface area is 45.8 Å². The van der Waals surface area contributed by atoms with Crippen LogP contribution in [0.5, 0.6) is 0 Å². The van der Waals surface area contributed by atoms with Crippen LogP contribution in [0.3, 0.4) is 0 Å². The third-order valence-corrected chi connectivity index (χ3v) is 1.57. The summed E-state index contributed by atoms with van der Waals surface area (Å²) in [7, 11) is 0. The lowest BCUT2D eigenvalue weighted by Gasteiger charge is -2.14. The van der Waals surface area contributed by atoms with Crippen molar-refractivity contribution in [3.63, 3.8) is 0 Å². The summed E-state index contributed by atoms with van der Waals surface area (Å²) in [5.41, 5.74) is 0. The number of aliphatic hydroxyl groups excluding tert-OH is 1. The Morgan fingerprint density at radius 2 is 1.71 bits per heavy atom. The highest BCUT2D eigenvalue weighted by Gasteiger charge is 2.07. The van der Waals surface area contributed by atoms with Crippen LogP contribution < -0.4 is 0 Å². The molecule has 1 fully saturated rings. The summed E-state index contributed by atoms with van der Waals surface area (Å²) in [6.07, 6.45) is 5.92. The third kappa shape index (κ3) is 1.48. The minimum Gasteiger partial charge on any atom is -0.393 e. The number of rotatable bonds is 0. The van der Waals surface area contributed by atoms with Gasteiger partial charge in [-0.15, -0.1) is 0 Å². The third-order valence-electron chi connectivity index (χ3n) is 1.57. The standard InChI is InChI=1S/C6H12O.H2/c7-6-4-2-1-3-5-6;/h6-7H,1-5H2;1H. The van der Waals surface area contributed by atoms with E-state index in [1.54, 1.807) is 0 Å². The van der Waals surface area contributed by atoms with Crippen LogP contribution in [0.4, 0.5) is 0 Å². The molecule has 0 aromatic heterocycles. The normalized spacial score (nSPS) is 25.3. The quantitative estimate of drug-likeness (QED) is 0.492. The molecule has 0 unspecified atom stereocenters. The molecule has 0 saturated heterocycles. The molecule has 0 aliphatic heterocycles. The molecule has 1 aliphatic rings. The summed E-state index contributed by atoms with van der Waals surface area (Å²) in [4.78, 5) is 0. The number of hydrogen-bond donors (Lipinski definition) is 1. The zero-order chi connectivity index (χ0) is 5.11. The summed E-state index contributed by atoms with van der Waals surface area (Å²) >= 11 is 0. The molecule has 1 rings (SSSR count). The fraction of sp³-hybridized carbons (Fsp3) is 1.00. The molecule has 0 amide bonds. The van der Waals surface area contributed by atoms with Gasteiger partial charge >= 0.3 is 0 Å². The van der Waals surface area contributed by atoms with Gasteiger partial charge in [0.15, 0.2) is 0 Å². The molecule has 0 bridgehead atoms. The smallest absolute Gasteiger partial charge is 0.0540 e. The van der Waals surface area contributed by atoms with E-state index in [4.69, 9.17) is 5.11 Å². The van der Waals surface area contributed by atoms with E-state index in [9.17, 15) is 0 Å². The van der Waals surface area contributed by atoms with Crippen molar-refractivity contribution in [3.8, 4) is 0 Å². The van der Waals surface area contributed by atoms with Crippen LogP contribution in [-0.2, 0) is 0 Å². The first-order chi connectivity index (χ1) is 3.39. The molecule has 0 aromatic rings. The SMILES string of the molecule is OC1CCCCC1.[HH]. The Hall–Kier alpha value is -0.0400. The molecule has 1 saturated carbocycles. The first kappa shape index (κ1) is 5.10. The van der Waals surface area contributed by atoms with Crippen LogP contribution in [0, 0.1) is 0 Å². The van der Waals surface area contributed by atoms with Crippen LogP contribution in [-0.4, -0.2) is 11.2 Å². The topological polar surface area (TPSA) is 20.2 Å². The monoisotopic (exact) mass is 102 g/mol. The van der Waals surface area contributed by atoms with Gasteiger partial charge in [-0.05, 0) is 12.8 Å². The lowest BCUT2D eigenvalue weighted by atomic mass is 9.98. The molecule has 0 atom stereocenters. The molecule has 0 radical (unpaired) electrons. The Balaban J connectivity index is 0.000000490. The van der Waals surface area contributed by atoms with E-state index >= 15 is 0 Å². The van der Waals surface area contributed by atoms with Crippen LogP contribution in [0.15, 0.2) is 0 Å². The van der Waals surface area contributed by atoms with Gasteiger partial charge in [0.05, 0.1) is 6.10 Å². The highest BCUT2D eigenvalue weighted by molar-refractivity contribution is 4.61. The molecule has 1 heteroatoms. The Morgan fingerprint density at radius 3 is 2.00 bits per heavy atom. The molecule has 1 aliphatic carbocycles. The molecule has 1 N–H and O–H groups in total. The van der Waals surface area contributed by atoms with Gasteiger partial charge in [0.25, 0.3) is 0 Å². The maximum Gasteiger partial charge on any atom is 0.0540 e. The second kappa shape index (κ2) is 2.31. The Kier molecular flexibility index (Phi) is 1.69. The fourth-order valence-corrected chi connectivity index (χ4v) is 1.08. The molecule has 7 heavy (non-hydrogen) atoms. The predicted molar refractivity (Wildman–Crippen MR) is 31.2 cm³/mol. The zero-order valence-electron chi connectivity index (χ0n) is 4.56. The largest absolute Gasteiger partial charge is 0.393 e. The van der Waals surface area contributed by atoms with E-state index in [1.807, 2.05) is 0 Å². The maximum atomic E-state index is 8.91. The van der Waals surface area contributed by atoms with Crippen molar-refractivity contribution in [1.82, 2.24) is 0 Å². The second-order valence-corrected chi connectivity index (χ2v) is 2.29. The van der Waals surface area contributed by atoms with E-state index in [0.29, 0.717) is 0 Å². The number of aliphatic hydroxyl groups is 1. The van der Waals surface area contributed by atoms with Crippen molar-refractivity contribution < 1.29 is 6.53 Å². The molecule has 0 aromatic carbocycles. The molecule has 0 spiro atoms. The van der Waals surface area contributed by atoms with E-state index in [2.05, 4.69) is 0 Å². The van der Waals surface area contributed by atoms with Gasteiger partial charge in [-0.25, -0.2) is 0 Å². The Bertz CT molecular complexity index is 50.5. The molecule has 1 nitrogen and oxygen atoms in total. The minimum absolute atomic E-state index is 0. The number of hydrogen-bond acceptors (Lipinski definition) is 1. The van der Waals surface area contributed by atoms with E-state index in [0.717, 1.165) is 12.8 Å². The van der Waals surface area contributed by atoms with Gasteiger partial charge in [-0.2, -0.15) is 0 Å². The summed E-state index contributed by atoms with van der Waals surface area (Å²) < 4.78 is 0. The fourth-order valence-electron chi connectivity index (χ4n) is 1.08. The summed E-state index contributed by atoms with van der Waals surface area (Å²) in [6, 6.07) is 0. The van der Waals surface area contributed by atoms with Crippen molar-refractivity contribution >= 4 is 0 Å². The van der Waals surface area contributed by atoms with Gasteiger partial charge in [0.2, 0.25) is 0 Å². The molecular weight excluding hydrogens is 88.1 g/mol. The summed E-state index contributed by atoms with van der Waals surface area (Å²) in [5, 5.41) is 8.91. The van der Waals surface area contributed by atoms with Gasteiger partial charge in [0.1, 0.15) is 0 Å². The van der Waals surface area contributed by atoms with Crippen LogP contribution in [0.1, 0.15) is 33.5 Å². The van der Waals surface area contributed by atoms with Crippen LogP contribution in [0.25, 0.3) is 0 Å². The van der Waals surface area contributed by atoms with Gasteiger partial charge in [0, 0.05) is 1.43 Å². The first-order valence-corrected chi connectivity index (χ1v) is 3.07. The van der Waals surface area contributed by atoms with Crippen LogP contribution >= 0.6 is 0 Å². The highest BCUT2D eigenvalue weighted by atomic mass is 16.3. The second-order valence-electron chi connectivity index (χ2n) is 2.29. The lowest BCUT2D eigenvalue weighted by molar-refractivity contribution is 0.130. The van der Waals surface area contributed by atoms with Crippen molar-refractivity contribution in [3.05, 3.63) is 0 Å². The van der Waals surface area contributed by atoms with Gasteiger partial charge in [-0.1, -0.05) is 19.3 Å². The Morgan fingerprint density at radius 1 is 1.14 bits per heavy atom. The van der Waals surface area contributed by atoms with Crippen molar-refractivity contribution in [2.75, 3.05) is 0 Å². The minimum atomic E-state index is 0. The van der Waals surface area contributed by atoms with Crippen molar-refractivity contribution in [2.45, 2.75) is 38.2 Å². The van der Waals surface area contributed by atoms with Gasteiger partial charge < -0.3 is 5.11 Å². The van der Waals surface area contributed by atoms with E-state index < -0.39 is 0 Å². The van der Waals surface area contributed by atoms with E-state index in [1.165, 1.54) is 19.3 Å². The van der Waals surface area contributed by atoms with Crippen molar-refractivity contribution in [2.24, 2.45) is 0 Å². The average molecular weight is 102 g/mol. The first-order valence-electron chi connectivity index (χ1n) is 3.07. The van der Waals surface area contributed by atoms with Gasteiger partial charge in [-0.3, -0.25) is 0 Å². The van der Waals surface area contributed by atoms with Crippen molar-refractivity contribution in [1.29, 1.82) is 0 Å². The predicted octanol–water partition coefficient (Wildman–Crippen LogP) is 1.56. The van der Waals surface area contributed by atoms with Crippen LogP contribution in [0.2, 0.25) is 0 Å². The summed E-state index contributed by atoms with van der Waals surface area (Å²) in [5.74, 6) is 0.